The van der Waals surface area contributed by atoms with Crippen molar-refractivity contribution in [2.24, 2.45) is 5.92 Å². The number of rotatable bonds is 6. The Morgan fingerprint density at radius 3 is 2.26 bits per heavy atom. The predicted molar refractivity (Wildman–Crippen MR) is 125 cm³/mol. The molecule has 3 aromatic carbocycles. The Bertz CT molecular complexity index is 1170. The van der Waals surface area contributed by atoms with E-state index in [0.717, 1.165) is 25.7 Å². The lowest BCUT2D eigenvalue weighted by molar-refractivity contribution is 0.0726. The molecule has 34 heavy (non-hydrogen) atoms. The Labute approximate surface area is 197 Å². The van der Waals surface area contributed by atoms with E-state index >= 15 is 0 Å². The van der Waals surface area contributed by atoms with Crippen LogP contribution in [0.25, 0.3) is 11.1 Å². The molecule has 0 amide bonds. The van der Waals surface area contributed by atoms with Gasteiger partial charge in [-0.15, -0.1) is 0 Å². The van der Waals surface area contributed by atoms with E-state index in [4.69, 9.17) is 9.47 Å². The topological polar surface area (TPSA) is 35.5 Å². The van der Waals surface area contributed by atoms with Gasteiger partial charge < -0.3 is 9.47 Å². The Balaban J connectivity index is 1.47. The molecule has 0 saturated heterocycles. The summed E-state index contributed by atoms with van der Waals surface area (Å²) in [6.07, 6.45) is 3.61. The maximum atomic E-state index is 14.7. The second kappa shape index (κ2) is 10.3. The lowest BCUT2D eigenvalue weighted by Crippen LogP contribution is -2.14. The first-order valence-electron chi connectivity index (χ1n) is 11.6. The normalized spacial score (nSPS) is 17.9. The van der Waals surface area contributed by atoms with Crippen molar-refractivity contribution >= 4 is 5.97 Å². The SMILES string of the molecule is CCOc1ccc(-c2ccc(C(=O)Oc3ccc(C4CCC(C)CC4)c(F)c3F)cc2)c(F)c1. The number of carbonyl (C=O) groups is 1. The fourth-order valence-corrected chi connectivity index (χ4v) is 4.44. The van der Waals surface area contributed by atoms with Gasteiger partial charge >= 0.3 is 5.97 Å². The summed E-state index contributed by atoms with van der Waals surface area (Å²) in [5.74, 6) is -2.82. The van der Waals surface area contributed by atoms with E-state index in [1.165, 1.54) is 30.3 Å². The van der Waals surface area contributed by atoms with Gasteiger partial charge in [0.15, 0.2) is 11.6 Å². The number of esters is 1. The van der Waals surface area contributed by atoms with Crippen LogP contribution in [0, 0.1) is 23.4 Å². The zero-order valence-electron chi connectivity index (χ0n) is 19.2. The third-order valence-corrected chi connectivity index (χ3v) is 6.42. The largest absolute Gasteiger partial charge is 0.494 e. The van der Waals surface area contributed by atoms with E-state index in [0.29, 0.717) is 35.0 Å². The van der Waals surface area contributed by atoms with Crippen LogP contribution in [0.5, 0.6) is 11.5 Å². The summed E-state index contributed by atoms with van der Waals surface area (Å²) in [4.78, 5) is 12.5. The molecule has 0 unspecified atom stereocenters. The summed E-state index contributed by atoms with van der Waals surface area (Å²) in [6, 6.07) is 13.4. The molecule has 3 aromatic rings. The van der Waals surface area contributed by atoms with E-state index in [1.54, 1.807) is 24.3 Å². The van der Waals surface area contributed by atoms with Gasteiger partial charge in [-0.05, 0) is 73.1 Å². The number of halogens is 3. The van der Waals surface area contributed by atoms with Gasteiger partial charge in [-0.2, -0.15) is 4.39 Å². The third kappa shape index (κ3) is 5.11. The Hall–Kier alpha value is -3.28. The van der Waals surface area contributed by atoms with Gasteiger partial charge in [-0.1, -0.05) is 38.0 Å². The smallest absolute Gasteiger partial charge is 0.343 e. The Morgan fingerprint density at radius 2 is 1.62 bits per heavy atom. The molecule has 1 fully saturated rings. The van der Waals surface area contributed by atoms with E-state index in [2.05, 4.69) is 6.92 Å². The van der Waals surface area contributed by atoms with Gasteiger partial charge in [0, 0.05) is 11.6 Å². The Kier molecular flexibility index (Phi) is 7.25. The molecule has 1 aliphatic rings. The van der Waals surface area contributed by atoms with Crippen molar-refractivity contribution in [3.63, 3.8) is 0 Å². The molecule has 6 heteroatoms. The monoisotopic (exact) mass is 468 g/mol. The van der Waals surface area contributed by atoms with Crippen molar-refractivity contribution in [3.05, 3.63) is 83.2 Å². The first kappa shape index (κ1) is 23.9. The van der Waals surface area contributed by atoms with Crippen LogP contribution in [-0.4, -0.2) is 12.6 Å². The number of carbonyl (C=O) groups excluding carboxylic acids is 1. The zero-order chi connectivity index (χ0) is 24.2. The molecule has 0 N–H and O–H groups in total. The Morgan fingerprint density at radius 1 is 0.912 bits per heavy atom. The van der Waals surface area contributed by atoms with Crippen molar-refractivity contribution in [1.29, 1.82) is 0 Å². The number of hydrogen-bond donors (Lipinski definition) is 0. The quantitative estimate of drug-likeness (QED) is 0.275. The second-order valence-corrected chi connectivity index (χ2v) is 8.78. The first-order valence-corrected chi connectivity index (χ1v) is 11.6. The minimum Gasteiger partial charge on any atom is -0.494 e. The van der Waals surface area contributed by atoms with E-state index in [1.807, 2.05) is 6.92 Å². The summed E-state index contributed by atoms with van der Waals surface area (Å²) in [7, 11) is 0. The molecule has 1 aliphatic carbocycles. The van der Waals surface area contributed by atoms with Gasteiger partial charge in [-0.3, -0.25) is 0 Å². The summed E-state index contributed by atoms with van der Waals surface area (Å²) < 4.78 is 54.3. The number of hydrogen-bond acceptors (Lipinski definition) is 3. The van der Waals surface area contributed by atoms with Crippen LogP contribution < -0.4 is 9.47 Å². The van der Waals surface area contributed by atoms with Gasteiger partial charge in [0.05, 0.1) is 12.2 Å². The fraction of sp³-hybridized carbons (Fsp3) is 0.321. The van der Waals surface area contributed by atoms with Crippen LogP contribution in [0.15, 0.2) is 54.6 Å². The van der Waals surface area contributed by atoms with Gasteiger partial charge in [0.2, 0.25) is 5.82 Å². The molecule has 1 saturated carbocycles. The molecule has 4 rings (SSSR count). The van der Waals surface area contributed by atoms with Crippen molar-refractivity contribution in [3.8, 4) is 22.6 Å². The maximum Gasteiger partial charge on any atom is 0.343 e. The summed E-state index contributed by atoms with van der Waals surface area (Å²) in [5.41, 5.74) is 1.39. The van der Waals surface area contributed by atoms with Crippen LogP contribution in [-0.2, 0) is 0 Å². The standard InChI is InChI=1S/C28H27F3O3/c1-3-33-21-12-13-22(24(29)16-21)18-8-10-20(11-9-18)28(32)34-25-15-14-23(26(30)27(25)31)19-6-4-17(2)5-7-19/h8-17,19H,3-7H2,1-2H3. The van der Waals surface area contributed by atoms with Crippen molar-refractivity contribution in [2.45, 2.75) is 45.4 Å². The molecule has 0 atom stereocenters. The zero-order valence-corrected chi connectivity index (χ0v) is 19.2. The highest BCUT2D eigenvalue weighted by Crippen LogP contribution is 2.38. The van der Waals surface area contributed by atoms with E-state index < -0.39 is 29.2 Å². The average molecular weight is 469 g/mol. The van der Waals surface area contributed by atoms with Crippen molar-refractivity contribution in [1.82, 2.24) is 0 Å². The average Bonchev–Trinajstić information content (AvgIpc) is 2.83. The highest BCUT2D eigenvalue weighted by atomic mass is 19.2. The van der Waals surface area contributed by atoms with Gasteiger partial charge in [-0.25, -0.2) is 13.6 Å². The van der Waals surface area contributed by atoms with Crippen LogP contribution in [0.1, 0.15) is 61.4 Å². The molecule has 0 bridgehead atoms. The molecular formula is C28H27F3O3. The summed E-state index contributed by atoms with van der Waals surface area (Å²) >= 11 is 0. The highest BCUT2D eigenvalue weighted by molar-refractivity contribution is 5.91. The fourth-order valence-electron chi connectivity index (χ4n) is 4.44. The van der Waals surface area contributed by atoms with Gasteiger partial charge in [0.25, 0.3) is 0 Å². The minimum absolute atomic E-state index is 0.0222. The third-order valence-electron chi connectivity index (χ3n) is 6.42. The molecule has 0 aliphatic heterocycles. The van der Waals surface area contributed by atoms with Crippen molar-refractivity contribution < 1.29 is 27.4 Å². The molecule has 0 heterocycles. The van der Waals surface area contributed by atoms with E-state index in [9.17, 15) is 18.0 Å². The van der Waals surface area contributed by atoms with Crippen LogP contribution in [0.2, 0.25) is 0 Å². The predicted octanol–water partition coefficient (Wildman–Crippen LogP) is 7.68. The highest BCUT2D eigenvalue weighted by Gasteiger charge is 2.26. The van der Waals surface area contributed by atoms with Crippen LogP contribution in [0.4, 0.5) is 13.2 Å². The number of benzene rings is 3. The minimum atomic E-state index is -1.16. The maximum absolute atomic E-state index is 14.7. The lowest BCUT2D eigenvalue weighted by Gasteiger charge is -2.27. The lowest BCUT2D eigenvalue weighted by atomic mass is 9.79. The van der Waals surface area contributed by atoms with Crippen molar-refractivity contribution in [2.75, 3.05) is 6.61 Å². The summed E-state index contributed by atoms with van der Waals surface area (Å²) in [6.45, 7) is 4.41. The van der Waals surface area contributed by atoms with E-state index in [-0.39, 0.29) is 11.5 Å². The molecule has 0 radical (unpaired) electrons. The second-order valence-electron chi connectivity index (χ2n) is 8.78. The molecule has 178 valence electrons. The molecule has 0 spiro atoms. The molecule has 3 nitrogen and oxygen atoms in total. The number of ether oxygens (including phenoxy) is 2. The van der Waals surface area contributed by atoms with Crippen LogP contribution in [0.3, 0.4) is 0 Å². The first-order chi connectivity index (χ1) is 16.4. The summed E-state index contributed by atoms with van der Waals surface area (Å²) in [5, 5.41) is 0. The molecular weight excluding hydrogens is 441 g/mol. The van der Waals surface area contributed by atoms with Gasteiger partial charge in [0.1, 0.15) is 11.6 Å². The molecule has 0 aromatic heterocycles. The van der Waals surface area contributed by atoms with Crippen LogP contribution >= 0.6 is 0 Å².